The molecular formula is C20H19FN4O2. The maximum Gasteiger partial charge on any atom is 0.254 e. The highest BCUT2D eigenvalue weighted by Gasteiger charge is 2.30. The molecule has 1 amide bonds. The molecule has 27 heavy (non-hydrogen) atoms. The van der Waals surface area contributed by atoms with Crippen molar-refractivity contribution in [2.75, 3.05) is 13.7 Å². The molecule has 6 nitrogen and oxygen atoms in total. The van der Waals surface area contributed by atoms with E-state index >= 15 is 0 Å². The van der Waals surface area contributed by atoms with Gasteiger partial charge in [0.1, 0.15) is 0 Å². The fraction of sp³-hybridized carbons (Fsp3) is 0.250. The average molecular weight is 366 g/mol. The normalized spacial score (nSPS) is 16.1. The summed E-state index contributed by atoms with van der Waals surface area (Å²) in [5, 5.41) is 8.60. The number of aromatic nitrogens is 3. The number of carbonyl (C=O) groups is 1. The molecule has 1 aliphatic heterocycles. The molecule has 0 spiro atoms. The van der Waals surface area contributed by atoms with E-state index in [9.17, 15) is 9.18 Å². The topological polar surface area (TPSA) is 60.2 Å². The first-order valence-electron chi connectivity index (χ1n) is 8.70. The van der Waals surface area contributed by atoms with E-state index in [0.717, 1.165) is 17.2 Å². The Balaban J connectivity index is 1.62. The number of methoxy groups -OCH3 is 1. The molecule has 138 valence electrons. The Labute approximate surface area is 156 Å². The van der Waals surface area contributed by atoms with Crippen LogP contribution >= 0.6 is 0 Å². The second-order valence-electron chi connectivity index (χ2n) is 6.56. The molecule has 1 atom stereocenters. The van der Waals surface area contributed by atoms with Gasteiger partial charge in [0.25, 0.3) is 5.91 Å². The van der Waals surface area contributed by atoms with Crippen molar-refractivity contribution in [3.8, 4) is 17.1 Å². The number of hydrogen-bond donors (Lipinski definition) is 0. The summed E-state index contributed by atoms with van der Waals surface area (Å²) in [5.41, 5.74) is 1.27. The first kappa shape index (κ1) is 17.2. The SMILES string of the molecule is COc1ccc(C(=O)N2Cc3nnc(-c4ccccc4)n3[C@@H](C)C2)cc1F. The van der Waals surface area contributed by atoms with Crippen LogP contribution in [0.4, 0.5) is 4.39 Å². The van der Waals surface area contributed by atoms with E-state index in [2.05, 4.69) is 14.8 Å². The maximum absolute atomic E-state index is 14.0. The minimum absolute atomic E-state index is 0.00556. The molecule has 0 saturated heterocycles. The third kappa shape index (κ3) is 3.05. The Bertz CT molecular complexity index is 987. The van der Waals surface area contributed by atoms with Gasteiger partial charge < -0.3 is 14.2 Å². The van der Waals surface area contributed by atoms with Crippen LogP contribution in [0.25, 0.3) is 11.4 Å². The molecule has 1 aliphatic rings. The smallest absolute Gasteiger partial charge is 0.254 e. The monoisotopic (exact) mass is 366 g/mol. The number of amides is 1. The lowest BCUT2D eigenvalue weighted by Crippen LogP contribution is -2.40. The van der Waals surface area contributed by atoms with Gasteiger partial charge in [-0.2, -0.15) is 0 Å². The Morgan fingerprint density at radius 3 is 2.67 bits per heavy atom. The van der Waals surface area contributed by atoms with Gasteiger partial charge in [0.15, 0.2) is 23.2 Å². The quantitative estimate of drug-likeness (QED) is 0.714. The van der Waals surface area contributed by atoms with Crippen molar-refractivity contribution in [3.63, 3.8) is 0 Å². The number of carbonyl (C=O) groups excluding carboxylic acids is 1. The molecule has 7 heteroatoms. The second kappa shape index (κ2) is 6.83. The van der Waals surface area contributed by atoms with Gasteiger partial charge in [0.2, 0.25) is 0 Å². The second-order valence-corrected chi connectivity index (χ2v) is 6.56. The van der Waals surface area contributed by atoms with Crippen molar-refractivity contribution in [2.24, 2.45) is 0 Å². The number of hydrogen-bond acceptors (Lipinski definition) is 4. The number of halogens is 1. The van der Waals surface area contributed by atoms with Crippen LogP contribution in [-0.2, 0) is 6.54 Å². The van der Waals surface area contributed by atoms with Crippen LogP contribution in [-0.4, -0.2) is 39.2 Å². The lowest BCUT2D eigenvalue weighted by Gasteiger charge is -2.32. The van der Waals surface area contributed by atoms with Crippen LogP contribution in [0.3, 0.4) is 0 Å². The number of rotatable bonds is 3. The summed E-state index contributed by atoms with van der Waals surface area (Å²) in [6.45, 7) is 2.85. The molecule has 0 saturated carbocycles. The molecular weight excluding hydrogens is 347 g/mol. The largest absolute Gasteiger partial charge is 0.494 e. The molecule has 0 bridgehead atoms. The Hall–Kier alpha value is -3.22. The highest BCUT2D eigenvalue weighted by molar-refractivity contribution is 5.94. The van der Waals surface area contributed by atoms with Crippen molar-refractivity contribution in [3.05, 3.63) is 65.7 Å². The Morgan fingerprint density at radius 2 is 1.96 bits per heavy atom. The third-order valence-electron chi connectivity index (χ3n) is 4.74. The van der Waals surface area contributed by atoms with E-state index in [0.29, 0.717) is 13.1 Å². The van der Waals surface area contributed by atoms with E-state index in [4.69, 9.17) is 4.74 Å². The van der Waals surface area contributed by atoms with Crippen LogP contribution in [0.15, 0.2) is 48.5 Å². The lowest BCUT2D eigenvalue weighted by molar-refractivity contribution is 0.0681. The number of benzene rings is 2. The molecule has 0 N–H and O–H groups in total. The minimum Gasteiger partial charge on any atom is -0.494 e. The predicted octanol–water partition coefficient (Wildman–Crippen LogP) is 3.31. The zero-order chi connectivity index (χ0) is 19.0. The van der Waals surface area contributed by atoms with E-state index < -0.39 is 5.82 Å². The van der Waals surface area contributed by atoms with E-state index in [1.807, 2.05) is 37.3 Å². The number of fused-ring (bicyclic) bond motifs is 1. The summed E-state index contributed by atoms with van der Waals surface area (Å²) in [7, 11) is 1.39. The highest BCUT2D eigenvalue weighted by atomic mass is 19.1. The summed E-state index contributed by atoms with van der Waals surface area (Å²) in [4.78, 5) is 14.5. The van der Waals surface area contributed by atoms with Gasteiger partial charge in [-0.25, -0.2) is 4.39 Å². The summed E-state index contributed by atoms with van der Waals surface area (Å²) < 4.78 is 20.9. The molecule has 0 aliphatic carbocycles. The van der Waals surface area contributed by atoms with Crippen molar-refractivity contribution in [1.82, 2.24) is 19.7 Å². The summed E-state index contributed by atoms with van der Waals surface area (Å²) in [5.74, 6) is 0.836. The van der Waals surface area contributed by atoms with Gasteiger partial charge in [0, 0.05) is 17.7 Å². The zero-order valence-electron chi connectivity index (χ0n) is 15.1. The lowest BCUT2D eigenvalue weighted by atomic mass is 10.1. The van der Waals surface area contributed by atoms with E-state index in [1.165, 1.54) is 19.2 Å². The summed E-state index contributed by atoms with van der Waals surface area (Å²) in [6, 6.07) is 14.1. The highest BCUT2D eigenvalue weighted by Crippen LogP contribution is 2.28. The van der Waals surface area contributed by atoms with Crippen LogP contribution < -0.4 is 4.74 Å². The Kier molecular flexibility index (Phi) is 4.35. The molecule has 1 aromatic heterocycles. The predicted molar refractivity (Wildman–Crippen MR) is 97.9 cm³/mol. The van der Waals surface area contributed by atoms with E-state index in [-0.39, 0.29) is 23.3 Å². The molecule has 0 fully saturated rings. The van der Waals surface area contributed by atoms with Crippen LogP contribution in [0.2, 0.25) is 0 Å². The van der Waals surface area contributed by atoms with Gasteiger partial charge in [-0.05, 0) is 25.1 Å². The molecule has 4 rings (SSSR count). The zero-order valence-corrected chi connectivity index (χ0v) is 15.1. The maximum atomic E-state index is 14.0. The first-order chi connectivity index (χ1) is 13.1. The molecule has 0 radical (unpaired) electrons. The molecule has 2 heterocycles. The van der Waals surface area contributed by atoms with Crippen LogP contribution in [0, 0.1) is 5.82 Å². The summed E-state index contributed by atoms with van der Waals surface area (Å²) >= 11 is 0. The minimum atomic E-state index is -0.553. The summed E-state index contributed by atoms with van der Waals surface area (Å²) in [6.07, 6.45) is 0. The molecule has 3 aromatic rings. The fourth-order valence-electron chi connectivity index (χ4n) is 3.45. The van der Waals surface area contributed by atoms with Gasteiger partial charge in [0.05, 0.1) is 19.7 Å². The Morgan fingerprint density at radius 1 is 1.19 bits per heavy atom. The average Bonchev–Trinajstić information content (AvgIpc) is 3.12. The molecule has 0 unspecified atom stereocenters. The van der Waals surface area contributed by atoms with Crippen molar-refractivity contribution in [2.45, 2.75) is 19.5 Å². The molecule has 2 aromatic carbocycles. The van der Waals surface area contributed by atoms with Crippen LogP contribution in [0.1, 0.15) is 29.1 Å². The van der Waals surface area contributed by atoms with Crippen molar-refractivity contribution < 1.29 is 13.9 Å². The van der Waals surface area contributed by atoms with Crippen molar-refractivity contribution >= 4 is 5.91 Å². The first-order valence-corrected chi connectivity index (χ1v) is 8.70. The van der Waals surface area contributed by atoms with Gasteiger partial charge in [-0.15, -0.1) is 10.2 Å². The van der Waals surface area contributed by atoms with E-state index in [1.54, 1.807) is 11.0 Å². The van der Waals surface area contributed by atoms with Crippen molar-refractivity contribution in [1.29, 1.82) is 0 Å². The van der Waals surface area contributed by atoms with Crippen LogP contribution in [0.5, 0.6) is 5.75 Å². The van der Waals surface area contributed by atoms with Gasteiger partial charge >= 0.3 is 0 Å². The fourth-order valence-corrected chi connectivity index (χ4v) is 3.45. The number of nitrogens with zero attached hydrogens (tertiary/aromatic N) is 4. The van der Waals surface area contributed by atoms with Gasteiger partial charge in [-0.1, -0.05) is 30.3 Å². The standard InChI is InChI=1S/C20H19FN4O2/c1-13-11-24(20(26)15-8-9-17(27-2)16(21)10-15)12-18-22-23-19(25(13)18)14-6-4-3-5-7-14/h3-10,13H,11-12H2,1-2H3/t13-/m0/s1. The number of ether oxygens (including phenoxy) is 1. The third-order valence-corrected chi connectivity index (χ3v) is 4.74. The van der Waals surface area contributed by atoms with Gasteiger partial charge in [-0.3, -0.25) is 4.79 Å².